The topological polar surface area (TPSA) is 58.2 Å². The predicted molar refractivity (Wildman–Crippen MR) is 128 cm³/mol. The first-order valence-corrected chi connectivity index (χ1v) is 11.9. The number of ketones is 1. The van der Waals surface area contributed by atoms with E-state index >= 15 is 0 Å². The summed E-state index contributed by atoms with van der Waals surface area (Å²) in [5, 5.41) is 8.07. The molecule has 0 saturated heterocycles. The van der Waals surface area contributed by atoms with Gasteiger partial charge in [-0.1, -0.05) is 24.3 Å². The fourth-order valence-electron chi connectivity index (χ4n) is 4.82. The molecule has 34 heavy (non-hydrogen) atoms. The van der Waals surface area contributed by atoms with Gasteiger partial charge in [-0.3, -0.25) is 9.59 Å². The van der Waals surface area contributed by atoms with Gasteiger partial charge in [0.2, 0.25) is 0 Å². The molecule has 3 aromatic rings. The van der Waals surface area contributed by atoms with Crippen molar-refractivity contribution in [2.24, 2.45) is 0 Å². The lowest BCUT2D eigenvalue weighted by Crippen LogP contribution is -2.37. The number of anilines is 1. The van der Waals surface area contributed by atoms with Gasteiger partial charge in [-0.15, -0.1) is 11.3 Å². The molecular formula is C27H22F2N2O2S. The van der Waals surface area contributed by atoms with E-state index in [0.717, 1.165) is 10.6 Å². The molecule has 1 aliphatic heterocycles. The van der Waals surface area contributed by atoms with Crippen molar-refractivity contribution in [2.45, 2.75) is 31.6 Å². The maximum absolute atomic E-state index is 13.7. The van der Waals surface area contributed by atoms with Crippen LogP contribution < -0.4 is 10.6 Å². The third-order valence-electron chi connectivity index (χ3n) is 6.30. The average Bonchev–Trinajstić information content (AvgIpc) is 3.33. The number of rotatable bonds is 4. The fourth-order valence-corrected chi connectivity index (χ4v) is 5.65. The number of Topliss-reactive ketones (excluding diaryl/α,β-unsaturated/α-hetero) is 1. The first-order chi connectivity index (χ1) is 16.4. The Morgan fingerprint density at radius 1 is 1.03 bits per heavy atom. The molecule has 0 fully saturated rings. The molecule has 1 aromatic heterocycles. The van der Waals surface area contributed by atoms with Crippen molar-refractivity contribution in [1.82, 2.24) is 5.32 Å². The quantitative estimate of drug-likeness (QED) is 0.484. The molecule has 0 bridgehead atoms. The van der Waals surface area contributed by atoms with E-state index in [2.05, 4.69) is 10.6 Å². The van der Waals surface area contributed by atoms with Crippen LogP contribution in [0.25, 0.3) is 0 Å². The normalized spacial score (nSPS) is 20.1. The summed E-state index contributed by atoms with van der Waals surface area (Å²) in [6.45, 7) is 1.79. The Balaban J connectivity index is 1.56. The number of dihydropyridines is 1. The Bertz CT molecular complexity index is 1330. The van der Waals surface area contributed by atoms with Crippen LogP contribution in [-0.2, 0) is 9.59 Å². The molecule has 5 rings (SSSR count). The van der Waals surface area contributed by atoms with Crippen LogP contribution in [0.5, 0.6) is 0 Å². The molecular weight excluding hydrogens is 454 g/mol. The van der Waals surface area contributed by atoms with Crippen LogP contribution in [0, 0.1) is 11.6 Å². The highest BCUT2D eigenvalue weighted by atomic mass is 32.1. The molecule has 2 N–H and O–H groups in total. The minimum absolute atomic E-state index is 0.0370. The average molecular weight is 477 g/mol. The van der Waals surface area contributed by atoms with E-state index in [4.69, 9.17) is 0 Å². The van der Waals surface area contributed by atoms with Crippen LogP contribution in [0.2, 0.25) is 0 Å². The van der Waals surface area contributed by atoms with Gasteiger partial charge in [0, 0.05) is 51.4 Å². The molecule has 2 aromatic carbocycles. The number of thiophene rings is 1. The molecule has 2 heterocycles. The molecule has 4 nitrogen and oxygen atoms in total. The number of carbonyl (C=O) groups excluding carboxylic acids is 2. The number of carbonyl (C=O) groups is 2. The van der Waals surface area contributed by atoms with Gasteiger partial charge in [-0.05, 0) is 60.7 Å². The molecule has 1 aliphatic carbocycles. The third kappa shape index (κ3) is 4.19. The number of allylic oxidation sites excluding steroid dienone is 3. The van der Waals surface area contributed by atoms with E-state index in [9.17, 15) is 18.4 Å². The summed E-state index contributed by atoms with van der Waals surface area (Å²) in [4.78, 5) is 28.1. The molecule has 0 unspecified atom stereocenters. The smallest absolute Gasteiger partial charge is 0.254 e. The molecule has 7 heteroatoms. The highest BCUT2D eigenvalue weighted by Crippen LogP contribution is 2.46. The minimum Gasteiger partial charge on any atom is -0.362 e. The van der Waals surface area contributed by atoms with Crippen molar-refractivity contribution in [3.63, 3.8) is 0 Å². The molecule has 0 spiro atoms. The second-order valence-corrected chi connectivity index (χ2v) is 9.53. The van der Waals surface area contributed by atoms with Gasteiger partial charge in [0.1, 0.15) is 11.6 Å². The lowest BCUT2D eigenvalue weighted by molar-refractivity contribution is -0.116. The van der Waals surface area contributed by atoms with E-state index < -0.39 is 23.5 Å². The lowest BCUT2D eigenvalue weighted by atomic mass is 9.72. The van der Waals surface area contributed by atoms with E-state index in [1.807, 2.05) is 17.5 Å². The van der Waals surface area contributed by atoms with E-state index in [1.54, 1.807) is 36.5 Å². The van der Waals surface area contributed by atoms with Crippen molar-refractivity contribution >= 4 is 28.7 Å². The van der Waals surface area contributed by atoms with Crippen molar-refractivity contribution in [3.05, 3.63) is 111 Å². The van der Waals surface area contributed by atoms with Crippen LogP contribution in [0.4, 0.5) is 14.5 Å². The maximum Gasteiger partial charge on any atom is 0.254 e. The Morgan fingerprint density at radius 2 is 1.82 bits per heavy atom. The molecule has 0 saturated carbocycles. The molecule has 2 aliphatic rings. The minimum atomic E-state index is -0.651. The summed E-state index contributed by atoms with van der Waals surface area (Å²) in [6.07, 6.45) is 0.992. The van der Waals surface area contributed by atoms with Crippen molar-refractivity contribution in [2.75, 3.05) is 5.32 Å². The summed E-state index contributed by atoms with van der Waals surface area (Å²) in [5.74, 6) is -1.92. The third-order valence-corrected chi connectivity index (χ3v) is 7.34. The Morgan fingerprint density at radius 3 is 2.53 bits per heavy atom. The summed E-state index contributed by atoms with van der Waals surface area (Å²) in [6, 6.07) is 15.5. The van der Waals surface area contributed by atoms with E-state index in [1.165, 1.54) is 30.3 Å². The molecule has 0 radical (unpaired) electrons. The summed E-state index contributed by atoms with van der Waals surface area (Å²) in [7, 11) is 0. The highest BCUT2D eigenvalue weighted by molar-refractivity contribution is 7.10. The second-order valence-electron chi connectivity index (χ2n) is 8.55. The number of halogens is 2. The largest absolute Gasteiger partial charge is 0.362 e. The first-order valence-electron chi connectivity index (χ1n) is 11.0. The molecule has 172 valence electrons. The number of benzene rings is 2. The van der Waals surface area contributed by atoms with Gasteiger partial charge in [-0.25, -0.2) is 8.78 Å². The monoisotopic (exact) mass is 476 g/mol. The number of nitrogens with one attached hydrogen (secondary N) is 2. The van der Waals surface area contributed by atoms with Crippen LogP contribution in [0.3, 0.4) is 0 Å². The van der Waals surface area contributed by atoms with E-state index in [0.29, 0.717) is 40.9 Å². The van der Waals surface area contributed by atoms with Crippen molar-refractivity contribution in [1.29, 1.82) is 0 Å². The maximum atomic E-state index is 13.7. The van der Waals surface area contributed by atoms with Gasteiger partial charge in [0.05, 0.1) is 0 Å². The van der Waals surface area contributed by atoms with Crippen LogP contribution in [0.1, 0.15) is 42.0 Å². The van der Waals surface area contributed by atoms with Gasteiger partial charge in [-0.2, -0.15) is 0 Å². The zero-order chi connectivity index (χ0) is 23.8. The standard InChI is InChI=1S/C27H22F2N2O2S/c1-15-24(27(33)31-20-5-2-4-19(29)14-20)25(16-7-9-18(28)10-8-16)26-21(30-15)12-17(13-22(26)32)23-6-3-11-34-23/h2-11,14,17,25,30H,12-13H2,1H3,(H,31,33)/t17-,25+/m0/s1. The van der Waals surface area contributed by atoms with Gasteiger partial charge >= 0.3 is 0 Å². The Labute approximate surface area is 200 Å². The van der Waals surface area contributed by atoms with Crippen molar-refractivity contribution < 1.29 is 18.4 Å². The van der Waals surface area contributed by atoms with Crippen molar-refractivity contribution in [3.8, 4) is 0 Å². The highest BCUT2D eigenvalue weighted by Gasteiger charge is 2.41. The van der Waals surface area contributed by atoms with Gasteiger partial charge in [0.15, 0.2) is 5.78 Å². The SMILES string of the molecule is CC1=C(C(=O)Nc2cccc(F)c2)[C@@H](c2ccc(F)cc2)C2=C(C[C@H](c3cccs3)CC2=O)N1. The number of hydrogen-bond donors (Lipinski definition) is 2. The molecule has 2 atom stereocenters. The molecule has 1 amide bonds. The van der Waals surface area contributed by atoms with Crippen LogP contribution >= 0.6 is 11.3 Å². The number of amides is 1. The summed E-state index contributed by atoms with van der Waals surface area (Å²) in [5.41, 5.74) is 3.27. The van der Waals surface area contributed by atoms with E-state index in [-0.39, 0.29) is 11.7 Å². The number of hydrogen-bond acceptors (Lipinski definition) is 4. The zero-order valence-corrected chi connectivity index (χ0v) is 19.2. The lowest BCUT2D eigenvalue weighted by Gasteiger charge is -2.36. The predicted octanol–water partition coefficient (Wildman–Crippen LogP) is 6.03. The van der Waals surface area contributed by atoms with Gasteiger partial charge < -0.3 is 10.6 Å². The van der Waals surface area contributed by atoms with Crippen LogP contribution in [-0.4, -0.2) is 11.7 Å². The zero-order valence-electron chi connectivity index (χ0n) is 18.4. The fraction of sp³-hybridized carbons (Fsp3) is 0.185. The van der Waals surface area contributed by atoms with Gasteiger partial charge in [0.25, 0.3) is 5.91 Å². The summed E-state index contributed by atoms with van der Waals surface area (Å²) < 4.78 is 27.4. The second kappa shape index (κ2) is 8.99. The Hall–Kier alpha value is -3.58. The Kier molecular flexibility index (Phi) is 5.87. The van der Waals surface area contributed by atoms with Crippen LogP contribution in [0.15, 0.2) is 88.6 Å². The first kappa shape index (κ1) is 22.2. The summed E-state index contributed by atoms with van der Waals surface area (Å²) >= 11 is 1.63.